The van der Waals surface area contributed by atoms with Crippen molar-refractivity contribution in [3.8, 4) is 11.2 Å². The lowest BCUT2D eigenvalue weighted by Gasteiger charge is -2.14. The second kappa shape index (κ2) is 4.38. The van der Waals surface area contributed by atoms with E-state index in [9.17, 15) is 13.2 Å². The molecule has 0 atom stereocenters. The van der Waals surface area contributed by atoms with Crippen LogP contribution in [-0.2, 0) is 6.18 Å². The molecule has 1 rings (SSSR count). The van der Waals surface area contributed by atoms with Crippen molar-refractivity contribution < 1.29 is 13.2 Å². The number of alkyl halides is 3. The Bertz CT molecular complexity index is 418. The molecule has 0 aliphatic carbocycles. The molecule has 0 unspecified atom stereocenters. The average molecular weight is 247 g/mol. The van der Waals surface area contributed by atoms with Gasteiger partial charge in [0.1, 0.15) is 5.69 Å². The molecule has 1 aromatic heterocycles. The molecule has 1 nitrogen and oxygen atoms in total. The van der Waals surface area contributed by atoms with Gasteiger partial charge in [-0.25, -0.2) is 4.98 Å². The highest BCUT2D eigenvalue weighted by Crippen LogP contribution is 2.32. The zero-order chi connectivity index (χ0) is 12.4. The molecule has 0 saturated carbocycles. The van der Waals surface area contributed by atoms with Crippen LogP contribution >= 0.6 is 10.0 Å². The van der Waals surface area contributed by atoms with Crippen molar-refractivity contribution in [1.29, 1.82) is 0 Å². The zero-order valence-electron chi connectivity index (χ0n) is 9.22. The first kappa shape index (κ1) is 12.9. The number of hydrogen-bond acceptors (Lipinski definition) is 1. The summed E-state index contributed by atoms with van der Waals surface area (Å²) >= 11 is 0. The van der Waals surface area contributed by atoms with Gasteiger partial charge in [0.15, 0.2) is 0 Å². The van der Waals surface area contributed by atoms with Crippen LogP contribution in [0.3, 0.4) is 0 Å². The fraction of sp³-hybridized carbons (Fsp3) is 0.364. The highest BCUT2D eigenvalue weighted by atomic mass is 32.3. The van der Waals surface area contributed by atoms with Crippen LogP contribution in [0.5, 0.6) is 0 Å². The first-order chi connectivity index (χ1) is 7.18. The molecular formula is C11H12F3NS. The lowest BCUT2D eigenvalue weighted by Crippen LogP contribution is -2.05. The maximum absolute atomic E-state index is 12.2. The van der Waals surface area contributed by atoms with Crippen LogP contribution in [0.2, 0.25) is 0 Å². The fourth-order valence-electron chi connectivity index (χ4n) is 0.841. The van der Waals surface area contributed by atoms with E-state index in [1.165, 1.54) is 6.07 Å². The van der Waals surface area contributed by atoms with Crippen molar-refractivity contribution in [2.45, 2.75) is 6.18 Å². The fourth-order valence-corrected chi connectivity index (χ4v) is 1.25. The molecule has 0 aromatic carbocycles. The molecule has 1 heterocycles. The standard InChI is InChI=1S/C11H12F3NS/c1-16(2,3)7-6-10-5-4-9(8-15-10)11(12,13)14/h4-5,8H,1-3H3. The number of rotatable bonds is 0. The summed E-state index contributed by atoms with van der Waals surface area (Å²) in [5.41, 5.74) is -0.378. The molecule has 0 aliphatic rings. The van der Waals surface area contributed by atoms with Crippen LogP contribution < -0.4 is 0 Å². The van der Waals surface area contributed by atoms with E-state index in [1.807, 2.05) is 18.8 Å². The molecule has 0 fully saturated rings. The van der Waals surface area contributed by atoms with E-state index in [1.54, 1.807) is 0 Å². The summed E-state index contributed by atoms with van der Waals surface area (Å²) in [6.07, 6.45) is 2.48. The highest BCUT2D eigenvalue weighted by molar-refractivity contribution is 8.35. The molecule has 0 N–H and O–H groups in total. The quantitative estimate of drug-likeness (QED) is 0.642. The second-order valence-electron chi connectivity index (χ2n) is 3.99. The van der Waals surface area contributed by atoms with Gasteiger partial charge < -0.3 is 0 Å². The summed E-state index contributed by atoms with van der Waals surface area (Å²) in [6.45, 7) is 0. The Morgan fingerprint density at radius 2 is 1.81 bits per heavy atom. The lowest BCUT2D eigenvalue weighted by atomic mass is 10.2. The molecule has 88 valence electrons. The van der Waals surface area contributed by atoms with E-state index in [0.717, 1.165) is 12.3 Å². The predicted octanol–water partition coefficient (Wildman–Crippen LogP) is 3.10. The monoisotopic (exact) mass is 247 g/mol. The maximum Gasteiger partial charge on any atom is 0.417 e. The van der Waals surface area contributed by atoms with Crippen molar-refractivity contribution in [2.24, 2.45) is 0 Å². The summed E-state index contributed by atoms with van der Waals surface area (Å²) in [5.74, 6) is 2.77. The summed E-state index contributed by atoms with van der Waals surface area (Å²) in [7, 11) is -0.984. The molecule has 16 heavy (non-hydrogen) atoms. The highest BCUT2D eigenvalue weighted by Gasteiger charge is 2.30. The van der Waals surface area contributed by atoms with Crippen molar-refractivity contribution in [3.05, 3.63) is 29.6 Å². The van der Waals surface area contributed by atoms with Gasteiger partial charge in [0.25, 0.3) is 0 Å². The van der Waals surface area contributed by atoms with E-state index in [2.05, 4.69) is 16.2 Å². The van der Waals surface area contributed by atoms with E-state index in [-0.39, 0.29) is 0 Å². The number of hydrogen-bond donors (Lipinski definition) is 0. The van der Waals surface area contributed by atoms with Gasteiger partial charge in [-0.15, -0.1) is 0 Å². The van der Waals surface area contributed by atoms with Gasteiger partial charge in [0.2, 0.25) is 0 Å². The third-order valence-electron chi connectivity index (χ3n) is 1.58. The Hall–Kier alpha value is -1.15. The molecule has 0 bridgehead atoms. The van der Waals surface area contributed by atoms with E-state index >= 15 is 0 Å². The summed E-state index contributed by atoms with van der Waals surface area (Å²) in [4.78, 5) is 3.67. The Morgan fingerprint density at radius 1 is 1.19 bits per heavy atom. The van der Waals surface area contributed by atoms with Crippen molar-refractivity contribution in [1.82, 2.24) is 4.98 Å². The topological polar surface area (TPSA) is 12.9 Å². The Morgan fingerprint density at radius 3 is 2.19 bits per heavy atom. The normalized spacial score (nSPS) is 12.9. The predicted molar refractivity (Wildman–Crippen MR) is 61.5 cm³/mol. The minimum Gasteiger partial charge on any atom is -0.247 e. The number of aromatic nitrogens is 1. The van der Waals surface area contributed by atoms with E-state index in [4.69, 9.17) is 0 Å². The first-order valence-corrected chi connectivity index (χ1v) is 7.28. The molecule has 5 heteroatoms. The molecule has 1 aromatic rings. The minimum absolute atomic E-state index is 0.371. The van der Waals surface area contributed by atoms with Gasteiger partial charge >= 0.3 is 6.18 Å². The Balaban J connectivity index is 2.91. The Kier molecular flexibility index (Phi) is 3.54. The summed E-state index contributed by atoms with van der Waals surface area (Å²) < 4.78 is 36.7. The molecule has 0 spiro atoms. The molecule has 0 aliphatic heterocycles. The van der Waals surface area contributed by atoms with E-state index in [0.29, 0.717) is 5.69 Å². The average Bonchev–Trinajstić information content (AvgIpc) is 2.13. The van der Waals surface area contributed by atoms with Crippen LogP contribution in [0.15, 0.2) is 18.3 Å². The Labute approximate surface area is 94.4 Å². The van der Waals surface area contributed by atoms with Gasteiger partial charge in [-0.3, -0.25) is 0 Å². The third kappa shape index (κ3) is 4.15. The molecule has 0 radical (unpaired) electrons. The van der Waals surface area contributed by atoms with Crippen LogP contribution in [-0.4, -0.2) is 23.8 Å². The number of nitrogens with zero attached hydrogens (tertiary/aromatic N) is 1. The van der Waals surface area contributed by atoms with Gasteiger partial charge in [-0.2, -0.15) is 23.2 Å². The zero-order valence-corrected chi connectivity index (χ0v) is 10.0. The van der Waals surface area contributed by atoms with Crippen LogP contribution in [0.1, 0.15) is 11.3 Å². The molecule has 0 saturated heterocycles. The van der Waals surface area contributed by atoms with Gasteiger partial charge in [0, 0.05) is 6.20 Å². The van der Waals surface area contributed by atoms with Crippen LogP contribution in [0.25, 0.3) is 0 Å². The molecule has 0 amide bonds. The third-order valence-corrected chi connectivity index (χ3v) is 2.29. The number of halogens is 3. The maximum atomic E-state index is 12.2. The number of pyridine rings is 1. The smallest absolute Gasteiger partial charge is 0.247 e. The largest absolute Gasteiger partial charge is 0.417 e. The van der Waals surface area contributed by atoms with Gasteiger partial charge in [0.05, 0.1) is 5.56 Å². The van der Waals surface area contributed by atoms with Crippen molar-refractivity contribution in [3.63, 3.8) is 0 Å². The summed E-state index contributed by atoms with van der Waals surface area (Å²) in [6, 6.07) is 2.29. The SMILES string of the molecule is CS(C)(C)C#Cc1ccc(C(F)(F)F)cn1. The summed E-state index contributed by atoms with van der Waals surface area (Å²) in [5, 5.41) is 2.99. The van der Waals surface area contributed by atoms with Crippen LogP contribution in [0.4, 0.5) is 13.2 Å². The van der Waals surface area contributed by atoms with Crippen molar-refractivity contribution >= 4 is 10.0 Å². The minimum atomic E-state index is -4.34. The lowest BCUT2D eigenvalue weighted by molar-refractivity contribution is -0.137. The van der Waals surface area contributed by atoms with E-state index < -0.39 is 21.8 Å². The van der Waals surface area contributed by atoms with Gasteiger partial charge in [-0.05, 0) is 42.1 Å². The van der Waals surface area contributed by atoms with Crippen LogP contribution in [0, 0.1) is 11.2 Å². The second-order valence-corrected chi connectivity index (χ2v) is 7.87. The first-order valence-electron chi connectivity index (χ1n) is 4.43. The van der Waals surface area contributed by atoms with Crippen molar-refractivity contribution in [2.75, 3.05) is 18.8 Å². The van der Waals surface area contributed by atoms with Gasteiger partial charge in [-0.1, -0.05) is 0 Å². The molecular weight excluding hydrogens is 235 g/mol.